The van der Waals surface area contributed by atoms with Crippen molar-refractivity contribution in [1.82, 2.24) is 9.97 Å². The van der Waals surface area contributed by atoms with Gasteiger partial charge in [0, 0.05) is 0 Å². The number of benzene rings is 1. The van der Waals surface area contributed by atoms with Gasteiger partial charge < -0.3 is 10.7 Å². The molecule has 0 radical (unpaired) electrons. The van der Waals surface area contributed by atoms with E-state index in [4.69, 9.17) is 17.4 Å². The van der Waals surface area contributed by atoms with E-state index in [0.29, 0.717) is 21.0 Å². The zero-order valence-electron chi connectivity index (χ0n) is 9.52. The number of hydrogen-bond donors (Lipinski definition) is 3. The number of carbonyl (C=O) groups is 1. The minimum absolute atomic E-state index is 0.141. The minimum Gasteiger partial charge on any atom is -0.320 e. The van der Waals surface area contributed by atoms with E-state index >= 15 is 0 Å². The number of nitrogens with zero attached hydrogens (tertiary/aromatic N) is 2. The van der Waals surface area contributed by atoms with Crippen LogP contribution in [-0.2, 0) is 0 Å². The number of carbonyl (C=O) groups excluding carboxylic acids is 1. The molecular weight excluding hydrogens is 334 g/mol. The van der Waals surface area contributed by atoms with E-state index < -0.39 is 5.91 Å². The molecule has 19 heavy (non-hydrogen) atoms. The van der Waals surface area contributed by atoms with E-state index in [-0.39, 0.29) is 5.69 Å². The maximum Gasteiger partial charge on any atom is 0.275 e. The Labute approximate surface area is 122 Å². The van der Waals surface area contributed by atoms with Crippen molar-refractivity contribution in [2.24, 2.45) is 5.84 Å². The number of hydrazine groups is 1. The van der Waals surface area contributed by atoms with Crippen LogP contribution in [-0.4, -0.2) is 15.9 Å². The fourth-order valence-electron chi connectivity index (χ4n) is 1.33. The van der Waals surface area contributed by atoms with Gasteiger partial charge in [-0.3, -0.25) is 9.78 Å². The van der Waals surface area contributed by atoms with Crippen molar-refractivity contribution in [2.75, 3.05) is 10.7 Å². The Balaban J connectivity index is 2.23. The number of nitrogens with two attached hydrogens (primary N) is 1. The molecule has 8 heteroatoms. The van der Waals surface area contributed by atoms with Crippen molar-refractivity contribution < 1.29 is 4.79 Å². The van der Waals surface area contributed by atoms with Crippen molar-refractivity contribution in [3.8, 4) is 0 Å². The van der Waals surface area contributed by atoms with Crippen LogP contribution in [0.4, 0.5) is 11.5 Å². The van der Waals surface area contributed by atoms with Crippen LogP contribution in [0.5, 0.6) is 0 Å². The quantitative estimate of drug-likeness (QED) is 0.588. The fraction of sp³-hybridized carbons (Fsp3) is 0. The zero-order chi connectivity index (χ0) is 13.8. The second-order valence-corrected chi connectivity index (χ2v) is 4.69. The van der Waals surface area contributed by atoms with Gasteiger partial charge in [0.25, 0.3) is 5.91 Å². The monoisotopic (exact) mass is 341 g/mol. The van der Waals surface area contributed by atoms with E-state index in [1.807, 2.05) is 0 Å². The van der Waals surface area contributed by atoms with Gasteiger partial charge in [-0.2, -0.15) is 0 Å². The molecule has 0 spiro atoms. The van der Waals surface area contributed by atoms with E-state index in [9.17, 15) is 4.79 Å². The summed E-state index contributed by atoms with van der Waals surface area (Å²) in [5.41, 5.74) is 3.01. The van der Waals surface area contributed by atoms with Crippen molar-refractivity contribution in [1.29, 1.82) is 0 Å². The fourth-order valence-corrected chi connectivity index (χ4v) is 1.87. The molecule has 0 aliphatic heterocycles. The van der Waals surface area contributed by atoms with Crippen molar-refractivity contribution in [3.63, 3.8) is 0 Å². The van der Waals surface area contributed by atoms with Gasteiger partial charge in [0.15, 0.2) is 5.82 Å². The SMILES string of the molecule is NNc1cncc(C(=O)Nc2cccc(Cl)c2Br)n1. The summed E-state index contributed by atoms with van der Waals surface area (Å²) >= 11 is 9.23. The molecule has 2 rings (SSSR count). The molecule has 98 valence electrons. The summed E-state index contributed by atoms with van der Waals surface area (Å²) in [5.74, 6) is 5.10. The Kier molecular flexibility index (Phi) is 4.31. The van der Waals surface area contributed by atoms with Crippen LogP contribution < -0.4 is 16.6 Å². The Morgan fingerprint density at radius 1 is 1.37 bits per heavy atom. The largest absolute Gasteiger partial charge is 0.320 e. The van der Waals surface area contributed by atoms with Gasteiger partial charge in [-0.25, -0.2) is 10.8 Å². The lowest BCUT2D eigenvalue weighted by Gasteiger charge is -2.08. The second kappa shape index (κ2) is 5.96. The lowest BCUT2D eigenvalue weighted by molar-refractivity contribution is 0.102. The van der Waals surface area contributed by atoms with Gasteiger partial charge in [-0.1, -0.05) is 17.7 Å². The predicted molar refractivity (Wildman–Crippen MR) is 76.9 cm³/mol. The van der Waals surface area contributed by atoms with Gasteiger partial charge in [0.05, 0.1) is 27.6 Å². The summed E-state index contributed by atoms with van der Waals surface area (Å²) in [6, 6.07) is 5.15. The lowest BCUT2D eigenvalue weighted by atomic mass is 10.3. The average molecular weight is 343 g/mol. The normalized spacial score (nSPS) is 10.1. The molecular formula is C11H9BrClN5O. The van der Waals surface area contributed by atoms with Gasteiger partial charge in [-0.15, -0.1) is 0 Å². The molecule has 0 aliphatic rings. The smallest absolute Gasteiger partial charge is 0.275 e. The Hall–Kier alpha value is -1.70. The summed E-state index contributed by atoms with van der Waals surface area (Å²) in [6.45, 7) is 0. The van der Waals surface area contributed by atoms with Gasteiger partial charge in [-0.05, 0) is 28.1 Å². The molecule has 1 amide bonds. The van der Waals surface area contributed by atoms with Crippen LogP contribution in [0.15, 0.2) is 35.1 Å². The minimum atomic E-state index is -0.410. The van der Waals surface area contributed by atoms with Gasteiger partial charge in [0.2, 0.25) is 0 Å². The third kappa shape index (κ3) is 3.19. The first-order valence-electron chi connectivity index (χ1n) is 5.16. The molecule has 0 saturated heterocycles. The van der Waals surface area contributed by atoms with Crippen LogP contribution >= 0.6 is 27.5 Å². The van der Waals surface area contributed by atoms with E-state index in [0.717, 1.165) is 0 Å². The van der Waals surface area contributed by atoms with Crippen molar-refractivity contribution in [3.05, 3.63) is 45.8 Å². The number of rotatable bonds is 3. The van der Waals surface area contributed by atoms with Crippen molar-refractivity contribution >= 4 is 44.9 Å². The molecule has 1 heterocycles. The van der Waals surface area contributed by atoms with Crippen LogP contribution in [0.1, 0.15) is 10.5 Å². The number of anilines is 2. The molecule has 0 fully saturated rings. The number of hydrogen-bond acceptors (Lipinski definition) is 5. The highest BCUT2D eigenvalue weighted by atomic mass is 79.9. The first-order valence-corrected chi connectivity index (χ1v) is 6.33. The molecule has 0 aliphatic carbocycles. The summed E-state index contributed by atoms with van der Waals surface area (Å²) in [5, 5.41) is 3.18. The zero-order valence-corrected chi connectivity index (χ0v) is 11.9. The van der Waals surface area contributed by atoms with Crippen molar-refractivity contribution in [2.45, 2.75) is 0 Å². The third-order valence-corrected chi connectivity index (χ3v) is 3.61. The summed E-state index contributed by atoms with van der Waals surface area (Å²) in [4.78, 5) is 19.8. The molecule has 6 nitrogen and oxygen atoms in total. The van der Waals surface area contributed by atoms with Crippen LogP contribution in [0, 0.1) is 0 Å². The summed E-state index contributed by atoms with van der Waals surface area (Å²) in [7, 11) is 0. The van der Waals surface area contributed by atoms with Crippen LogP contribution in [0.2, 0.25) is 5.02 Å². The number of nitrogens with one attached hydrogen (secondary N) is 2. The Morgan fingerprint density at radius 2 is 2.16 bits per heavy atom. The standard InChI is InChI=1S/C11H9BrClN5O/c12-10-6(13)2-1-3-7(10)17-11(19)8-4-15-5-9(16-8)18-14/h1-5H,14H2,(H,16,18)(H,17,19). The number of halogens is 2. The number of nitrogen functional groups attached to an aromatic ring is 1. The molecule has 0 unspecified atom stereocenters. The average Bonchev–Trinajstić information content (AvgIpc) is 2.44. The molecule has 1 aromatic heterocycles. The first-order chi connectivity index (χ1) is 9.11. The highest BCUT2D eigenvalue weighted by molar-refractivity contribution is 9.10. The first kappa shape index (κ1) is 13.7. The summed E-state index contributed by atoms with van der Waals surface area (Å²) in [6.07, 6.45) is 2.75. The molecule has 4 N–H and O–H groups in total. The Bertz CT molecular complexity index is 622. The summed E-state index contributed by atoms with van der Waals surface area (Å²) < 4.78 is 0.603. The number of aromatic nitrogens is 2. The molecule has 2 aromatic rings. The molecule has 1 aromatic carbocycles. The highest BCUT2D eigenvalue weighted by Gasteiger charge is 2.12. The Morgan fingerprint density at radius 3 is 2.89 bits per heavy atom. The lowest BCUT2D eigenvalue weighted by Crippen LogP contribution is -2.17. The maximum atomic E-state index is 12.0. The molecule has 0 bridgehead atoms. The van der Waals surface area contributed by atoms with E-state index in [1.54, 1.807) is 18.2 Å². The van der Waals surface area contributed by atoms with Crippen LogP contribution in [0.25, 0.3) is 0 Å². The van der Waals surface area contributed by atoms with E-state index in [2.05, 4.69) is 36.6 Å². The van der Waals surface area contributed by atoms with Gasteiger partial charge in [0.1, 0.15) is 5.69 Å². The highest BCUT2D eigenvalue weighted by Crippen LogP contribution is 2.30. The van der Waals surface area contributed by atoms with E-state index in [1.165, 1.54) is 12.4 Å². The topological polar surface area (TPSA) is 92.9 Å². The molecule has 0 atom stereocenters. The van der Waals surface area contributed by atoms with Gasteiger partial charge >= 0.3 is 0 Å². The maximum absolute atomic E-state index is 12.0. The number of amides is 1. The van der Waals surface area contributed by atoms with Crippen LogP contribution in [0.3, 0.4) is 0 Å². The molecule has 0 saturated carbocycles. The predicted octanol–water partition coefficient (Wildman–Crippen LogP) is 2.43. The second-order valence-electron chi connectivity index (χ2n) is 3.49. The third-order valence-electron chi connectivity index (χ3n) is 2.21.